The normalized spacial score (nSPS) is 27.1. The zero-order chi connectivity index (χ0) is 12.8. The van der Waals surface area contributed by atoms with E-state index in [1.54, 1.807) is 19.1 Å². The molecule has 1 aromatic rings. The van der Waals surface area contributed by atoms with Gasteiger partial charge >= 0.3 is 0 Å². The topological polar surface area (TPSA) is 65.7 Å². The molecule has 3 heterocycles. The van der Waals surface area contributed by atoms with Crippen molar-refractivity contribution >= 4 is 5.78 Å². The van der Waals surface area contributed by atoms with E-state index < -0.39 is 5.72 Å². The molecule has 1 saturated heterocycles. The molecular formula is C13H16N2O3. The number of carbonyl (C=O) groups is 1. The summed E-state index contributed by atoms with van der Waals surface area (Å²) in [4.78, 5) is 14.2. The lowest BCUT2D eigenvalue weighted by Crippen LogP contribution is -2.47. The highest BCUT2D eigenvalue weighted by atomic mass is 16.3. The van der Waals surface area contributed by atoms with Gasteiger partial charge in [-0.05, 0) is 31.9 Å². The number of hydrogen-bond donors (Lipinski definition) is 2. The minimum atomic E-state index is -0.869. The van der Waals surface area contributed by atoms with Gasteiger partial charge in [-0.1, -0.05) is 0 Å². The predicted octanol–water partition coefficient (Wildman–Crippen LogP) is 1.08. The smallest absolute Gasteiger partial charge is 0.227 e. The highest BCUT2D eigenvalue weighted by Gasteiger charge is 2.40. The molecule has 0 bridgehead atoms. The summed E-state index contributed by atoms with van der Waals surface area (Å²) in [5.74, 6) is 1.02. The predicted molar refractivity (Wildman–Crippen MR) is 64.6 cm³/mol. The van der Waals surface area contributed by atoms with Crippen LogP contribution in [0.15, 0.2) is 34.2 Å². The third-order valence-corrected chi connectivity index (χ3v) is 3.63. The minimum absolute atomic E-state index is 0.0927. The molecule has 0 aliphatic carbocycles. The average molecular weight is 248 g/mol. The largest absolute Gasteiger partial charge is 0.461 e. The summed E-state index contributed by atoms with van der Waals surface area (Å²) in [6, 6.07) is 3.37. The Labute approximate surface area is 105 Å². The Morgan fingerprint density at radius 2 is 2.44 bits per heavy atom. The molecule has 0 aromatic carbocycles. The number of hydrogen-bond acceptors (Lipinski definition) is 5. The molecule has 0 amide bonds. The van der Waals surface area contributed by atoms with Crippen molar-refractivity contribution in [2.75, 3.05) is 13.1 Å². The fourth-order valence-corrected chi connectivity index (χ4v) is 2.64. The zero-order valence-corrected chi connectivity index (χ0v) is 10.3. The number of nitrogens with one attached hydrogen (secondary N) is 1. The van der Waals surface area contributed by atoms with Crippen molar-refractivity contribution in [3.63, 3.8) is 0 Å². The molecule has 5 heteroatoms. The Kier molecular flexibility index (Phi) is 2.45. The van der Waals surface area contributed by atoms with Gasteiger partial charge in [0.2, 0.25) is 5.78 Å². The van der Waals surface area contributed by atoms with E-state index in [4.69, 9.17) is 4.42 Å². The van der Waals surface area contributed by atoms with Crippen molar-refractivity contribution in [2.24, 2.45) is 0 Å². The number of ketones is 1. The molecule has 2 N–H and O–H groups in total. The number of furan rings is 1. The molecule has 1 aromatic heterocycles. The number of aliphatic hydroxyl groups is 1. The zero-order valence-electron chi connectivity index (χ0n) is 10.3. The van der Waals surface area contributed by atoms with E-state index in [1.807, 2.05) is 4.90 Å². The summed E-state index contributed by atoms with van der Waals surface area (Å²) in [5, 5.41) is 13.5. The summed E-state index contributed by atoms with van der Waals surface area (Å²) >= 11 is 0. The van der Waals surface area contributed by atoms with Crippen LogP contribution in [0.5, 0.6) is 0 Å². The molecule has 2 aliphatic rings. The summed E-state index contributed by atoms with van der Waals surface area (Å²) in [6.07, 6.45) is 2.61. The van der Waals surface area contributed by atoms with Gasteiger partial charge in [-0.3, -0.25) is 4.79 Å². The Bertz CT molecular complexity index is 502. The summed E-state index contributed by atoms with van der Waals surface area (Å²) < 4.78 is 5.16. The molecule has 1 atom stereocenters. The lowest BCUT2D eigenvalue weighted by molar-refractivity contribution is -0.0788. The van der Waals surface area contributed by atoms with E-state index in [1.165, 1.54) is 6.26 Å². The summed E-state index contributed by atoms with van der Waals surface area (Å²) in [5.41, 5.74) is -0.167. The van der Waals surface area contributed by atoms with Crippen molar-refractivity contribution in [3.8, 4) is 0 Å². The van der Waals surface area contributed by atoms with Gasteiger partial charge in [0.05, 0.1) is 6.26 Å². The van der Waals surface area contributed by atoms with E-state index in [-0.39, 0.29) is 5.78 Å². The van der Waals surface area contributed by atoms with E-state index in [2.05, 4.69) is 5.32 Å². The number of allylic oxidation sites excluding steroid dienone is 1. The highest BCUT2D eigenvalue weighted by molar-refractivity contribution is 6.07. The Hall–Kier alpha value is -1.75. The lowest BCUT2D eigenvalue weighted by atomic mass is 9.94. The number of nitrogens with zero attached hydrogens (tertiary/aromatic N) is 1. The summed E-state index contributed by atoms with van der Waals surface area (Å²) in [6.45, 7) is 3.26. The monoisotopic (exact) mass is 248 g/mol. The number of rotatable bonds is 2. The molecule has 0 saturated carbocycles. The maximum atomic E-state index is 12.3. The number of fused-ring (bicyclic) bond motifs is 1. The van der Waals surface area contributed by atoms with Crippen LogP contribution < -0.4 is 5.32 Å². The molecule has 1 unspecified atom stereocenters. The fourth-order valence-electron chi connectivity index (χ4n) is 2.64. The van der Waals surface area contributed by atoms with E-state index in [0.717, 1.165) is 18.9 Å². The Morgan fingerprint density at radius 3 is 3.17 bits per heavy atom. The van der Waals surface area contributed by atoms with Crippen LogP contribution in [0, 0.1) is 0 Å². The number of Topliss-reactive ketones (excluding diaryl/α,β-unsaturated/α-hetero) is 1. The van der Waals surface area contributed by atoms with Crippen molar-refractivity contribution in [3.05, 3.63) is 35.6 Å². The standard InChI is InChI=1S/C13H16N2O3/c1-13(17)5-4-9(12-14-6-7-15(12)13)11(16)10-3-2-8-18-10/h2-3,8,14,17H,4-7H2,1H3. The minimum Gasteiger partial charge on any atom is -0.461 e. The van der Waals surface area contributed by atoms with Crippen LogP contribution in [0.3, 0.4) is 0 Å². The second kappa shape index (κ2) is 3.88. The Morgan fingerprint density at radius 1 is 1.61 bits per heavy atom. The first-order valence-corrected chi connectivity index (χ1v) is 6.15. The summed E-state index contributed by atoms with van der Waals surface area (Å²) in [7, 11) is 0. The average Bonchev–Trinajstić information content (AvgIpc) is 3.00. The van der Waals surface area contributed by atoms with Gasteiger partial charge in [-0.25, -0.2) is 0 Å². The molecule has 0 spiro atoms. The van der Waals surface area contributed by atoms with Gasteiger partial charge in [0, 0.05) is 18.7 Å². The van der Waals surface area contributed by atoms with Crippen LogP contribution in [-0.2, 0) is 0 Å². The van der Waals surface area contributed by atoms with Crippen LogP contribution in [0.25, 0.3) is 0 Å². The third-order valence-electron chi connectivity index (χ3n) is 3.63. The first-order chi connectivity index (χ1) is 8.59. The first-order valence-electron chi connectivity index (χ1n) is 6.15. The van der Waals surface area contributed by atoms with Gasteiger partial charge in [-0.2, -0.15) is 0 Å². The molecular weight excluding hydrogens is 232 g/mol. The maximum absolute atomic E-state index is 12.3. The van der Waals surface area contributed by atoms with Crippen molar-refractivity contribution in [1.29, 1.82) is 0 Å². The molecule has 0 radical (unpaired) electrons. The van der Waals surface area contributed by atoms with Crippen molar-refractivity contribution in [2.45, 2.75) is 25.5 Å². The van der Waals surface area contributed by atoms with Crippen LogP contribution in [0.2, 0.25) is 0 Å². The van der Waals surface area contributed by atoms with Crippen LogP contribution in [0.4, 0.5) is 0 Å². The highest BCUT2D eigenvalue weighted by Crippen LogP contribution is 2.34. The van der Waals surface area contributed by atoms with Gasteiger partial charge in [0.1, 0.15) is 11.5 Å². The maximum Gasteiger partial charge on any atom is 0.227 e. The van der Waals surface area contributed by atoms with Crippen LogP contribution in [-0.4, -0.2) is 34.6 Å². The quantitative estimate of drug-likeness (QED) is 0.767. The molecule has 2 aliphatic heterocycles. The molecule has 1 fully saturated rings. The lowest BCUT2D eigenvalue weighted by Gasteiger charge is -2.40. The third kappa shape index (κ3) is 1.62. The van der Waals surface area contributed by atoms with E-state index in [0.29, 0.717) is 24.2 Å². The molecule has 18 heavy (non-hydrogen) atoms. The van der Waals surface area contributed by atoms with Crippen molar-refractivity contribution in [1.82, 2.24) is 10.2 Å². The van der Waals surface area contributed by atoms with Gasteiger partial charge in [0.25, 0.3) is 0 Å². The van der Waals surface area contributed by atoms with Gasteiger partial charge in [0.15, 0.2) is 5.76 Å². The van der Waals surface area contributed by atoms with Crippen molar-refractivity contribution < 1.29 is 14.3 Å². The second-order valence-electron chi connectivity index (χ2n) is 4.93. The molecule has 5 nitrogen and oxygen atoms in total. The molecule has 96 valence electrons. The Balaban J connectivity index is 1.99. The first kappa shape index (κ1) is 11.3. The van der Waals surface area contributed by atoms with E-state index in [9.17, 15) is 9.90 Å². The van der Waals surface area contributed by atoms with Gasteiger partial charge < -0.3 is 19.7 Å². The fraction of sp³-hybridized carbons (Fsp3) is 0.462. The SMILES string of the molecule is CC1(O)CCC(C(=O)c2ccco2)=C2NCCN21. The van der Waals surface area contributed by atoms with Gasteiger partial charge in [-0.15, -0.1) is 0 Å². The number of carbonyl (C=O) groups excluding carboxylic acids is 1. The molecule has 3 rings (SSSR count). The van der Waals surface area contributed by atoms with Crippen LogP contribution >= 0.6 is 0 Å². The second-order valence-corrected chi connectivity index (χ2v) is 4.93. The van der Waals surface area contributed by atoms with Crippen LogP contribution in [0.1, 0.15) is 30.3 Å². The van der Waals surface area contributed by atoms with E-state index >= 15 is 0 Å².